The molecule has 72 valence electrons. The standard InChI is InChI=1S/C9H15N3O/c1-6-8(12-9(10)13-6)7-4-2-3-5-11-7/h7,11H,2-5H2,1H3,(H2,10,12). The summed E-state index contributed by atoms with van der Waals surface area (Å²) in [5.41, 5.74) is 6.46. The van der Waals surface area contributed by atoms with Crippen molar-refractivity contribution >= 4 is 6.01 Å². The van der Waals surface area contributed by atoms with Crippen molar-refractivity contribution in [1.29, 1.82) is 0 Å². The number of hydrogen-bond donors (Lipinski definition) is 2. The maximum absolute atomic E-state index is 5.48. The lowest BCUT2D eigenvalue weighted by Gasteiger charge is -2.21. The number of aryl methyl sites for hydroxylation is 1. The Morgan fingerprint density at radius 2 is 2.38 bits per heavy atom. The summed E-state index contributed by atoms with van der Waals surface area (Å²) in [4.78, 5) is 4.18. The third-order valence-corrected chi connectivity index (χ3v) is 2.49. The largest absolute Gasteiger partial charge is 0.429 e. The van der Waals surface area contributed by atoms with E-state index in [1.807, 2.05) is 6.92 Å². The summed E-state index contributed by atoms with van der Waals surface area (Å²) in [6.07, 6.45) is 3.64. The Balaban J connectivity index is 2.18. The molecule has 0 amide bonds. The molecule has 1 fully saturated rings. The van der Waals surface area contributed by atoms with E-state index in [0.29, 0.717) is 6.04 Å². The first-order valence-corrected chi connectivity index (χ1v) is 4.73. The summed E-state index contributed by atoms with van der Waals surface area (Å²) in [6.45, 7) is 2.98. The molecule has 0 bridgehead atoms. The van der Waals surface area contributed by atoms with E-state index in [2.05, 4.69) is 10.3 Å². The molecule has 1 atom stereocenters. The van der Waals surface area contributed by atoms with Crippen molar-refractivity contribution in [2.45, 2.75) is 32.2 Å². The highest BCUT2D eigenvalue weighted by Gasteiger charge is 2.20. The topological polar surface area (TPSA) is 64.1 Å². The van der Waals surface area contributed by atoms with Gasteiger partial charge < -0.3 is 15.5 Å². The van der Waals surface area contributed by atoms with Gasteiger partial charge in [0, 0.05) is 0 Å². The zero-order valence-corrected chi connectivity index (χ0v) is 7.84. The third kappa shape index (κ3) is 1.67. The Morgan fingerprint density at radius 3 is 2.92 bits per heavy atom. The van der Waals surface area contributed by atoms with Gasteiger partial charge in [0.1, 0.15) is 11.5 Å². The minimum absolute atomic E-state index is 0.278. The molecule has 1 aromatic rings. The number of hydrogen-bond acceptors (Lipinski definition) is 4. The molecular formula is C9H15N3O. The van der Waals surface area contributed by atoms with Gasteiger partial charge in [0.2, 0.25) is 0 Å². The maximum Gasteiger partial charge on any atom is 0.292 e. The second-order valence-electron chi connectivity index (χ2n) is 3.50. The van der Waals surface area contributed by atoms with E-state index in [0.717, 1.165) is 24.4 Å². The molecule has 0 aromatic carbocycles. The quantitative estimate of drug-likeness (QED) is 0.687. The molecule has 2 rings (SSSR count). The fourth-order valence-electron chi connectivity index (χ4n) is 1.84. The van der Waals surface area contributed by atoms with Gasteiger partial charge in [0.05, 0.1) is 6.04 Å². The predicted octanol–water partition coefficient (Wildman–Crippen LogP) is 1.38. The van der Waals surface area contributed by atoms with Gasteiger partial charge >= 0.3 is 0 Å². The van der Waals surface area contributed by atoms with Gasteiger partial charge in [0.25, 0.3) is 6.01 Å². The monoisotopic (exact) mass is 181 g/mol. The Hall–Kier alpha value is -1.03. The fraction of sp³-hybridized carbons (Fsp3) is 0.667. The molecule has 4 heteroatoms. The normalized spacial score (nSPS) is 23.3. The maximum atomic E-state index is 5.48. The summed E-state index contributed by atoms with van der Waals surface area (Å²) < 4.78 is 5.19. The number of rotatable bonds is 1. The molecule has 1 aliphatic rings. The highest BCUT2D eigenvalue weighted by atomic mass is 16.4. The van der Waals surface area contributed by atoms with Crippen LogP contribution >= 0.6 is 0 Å². The van der Waals surface area contributed by atoms with Gasteiger partial charge in [0.15, 0.2) is 0 Å². The van der Waals surface area contributed by atoms with Crippen molar-refractivity contribution in [2.75, 3.05) is 12.3 Å². The van der Waals surface area contributed by atoms with E-state index in [1.165, 1.54) is 12.8 Å². The highest BCUT2D eigenvalue weighted by Crippen LogP contribution is 2.25. The number of nitrogens with two attached hydrogens (primary N) is 1. The molecule has 1 aromatic heterocycles. The number of aromatic nitrogens is 1. The van der Waals surface area contributed by atoms with E-state index in [1.54, 1.807) is 0 Å². The van der Waals surface area contributed by atoms with Crippen LogP contribution in [0.1, 0.15) is 36.8 Å². The first kappa shape index (κ1) is 8.56. The van der Waals surface area contributed by atoms with Crippen LogP contribution in [0.15, 0.2) is 4.42 Å². The predicted molar refractivity (Wildman–Crippen MR) is 50.2 cm³/mol. The average Bonchev–Trinajstić information content (AvgIpc) is 2.47. The Morgan fingerprint density at radius 1 is 1.54 bits per heavy atom. The molecule has 1 unspecified atom stereocenters. The van der Waals surface area contributed by atoms with Gasteiger partial charge in [-0.15, -0.1) is 0 Å². The number of nitrogens with one attached hydrogen (secondary N) is 1. The molecule has 1 saturated heterocycles. The summed E-state index contributed by atoms with van der Waals surface area (Å²) in [5.74, 6) is 0.844. The van der Waals surface area contributed by atoms with Gasteiger partial charge in [-0.1, -0.05) is 6.42 Å². The molecule has 0 aliphatic carbocycles. The molecular weight excluding hydrogens is 166 g/mol. The van der Waals surface area contributed by atoms with Crippen LogP contribution in [0, 0.1) is 6.92 Å². The molecule has 0 radical (unpaired) electrons. The van der Waals surface area contributed by atoms with Crippen LogP contribution in [-0.2, 0) is 0 Å². The first-order valence-electron chi connectivity index (χ1n) is 4.73. The van der Waals surface area contributed by atoms with Gasteiger partial charge in [-0.05, 0) is 26.3 Å². The van der Waals surface area contributed by atoms with Crippen LogP contribution in [-0.4, -0.2) is 11.5 Å². The molecule has 1 aliphatic heterocycles. The average molecular weight is 181 g/mol. The van der Waals surface area contributed by atoms with Crippen molar-refractivity contribution < 1.29 is 4.42 Å². The molecule has 13 heavy (non-hydrogen) atoms. The molecule has 0 spiro atoms. The van der Waals surface area contributed by atoms with E-state index >= 15 is 0 Å². The van der Waals surface area contributed by atoms with Crippen molar-refractivity contribution in [3.05, 3.63) is 11.5 Å². The van der Waals surface area contributed by atoms with Crippen LogP contribution in [0.2, 0.25) is 0 Å². The van der Waals surface area contributed by atoms with Crippen LogP contribution in [0.3, 0.4) is 0 Å². The van der Waals surface area contributed by atoms with Gasteiger partial charge in [-0.3, -0.25) is 0 Å². The van der Waals surface area contributed by atoms with Crippen molar-refractivity contribution in [1.82, 2.24) is 10.3 Å². The van der Waals surface area contributed by atoms with E-state index in [4.69, 9.17) is 10.2 Å². The molecule has 2 heterocycles. The smallest absolute Gasteiger partial charge is 0.292 e. The zero-order valence-electron chi connectivity index (χ0n) is 7.84. The lowest BCUT2D eigenvalue weighted by Crippen LogP contribution is -2.27. The summed E-state index contributed by atoms with van der Waals surface area (Å²) in [7, 11) is 0. The third-order valence-electron chi connectivity index (χ3n) is 2.49. The number of anilines is 1. The van der Waals surface area contributed by atoms with Gasteiger partial charge in [-0.2, -0.15) is 4.98 Å². The molecule has 0 saturated carbocycles. The lowest BCUT2D eigenvalue weighted by molar-refractivity contribution is 0.401. The second-order valence-corrected chi connectivity index (χ2v) is 3.50. The number of piperidine rings is 1. The van der Waals surface area contributed by atoms with Crippen LogP contribution in [0.4, 0.5) is 6.01 Å². The van der Waals surface area contributed by atoms with Crippen molar-refractivity contribution in [3.8, 4) is 0 Å². The summed E-state index contributed by atoms with van der Waals surface area (Å²) >= 11 is 0. The van der Waals surface area contributed by atoms with Crippen molar-refractivity contribution in [2.24, 2.45) is 0 Å². The first-order chi connectivity index (χ1) is 6.27. The number of nitrogen functional groups attached to an aromatic ring is 1. The Bertz CT molecular complexity index is 289. The molecule has 3 N–H and O–H groups in total. The Kier molecular flexibility index (Phi) is 2.22. The summed E-state index contributed by atoms with van der Waals surface area (Å²) in [6, 6.07) is 0.620. The molecule has 4 nitrogen and oxygen atoms in total. The number of oxazole rings is 1. The SMILES string of the molecule is Cc1oc(N)nc1C1CCCCN1. The van der Waals surface area contributed by atoms with Gasteiger partial charge in [-0.25, -0.2) is 0 Å². The van der Waals surface area contributed by atoms with E-state index in [-0.39, 0.29) is 6.01 Å². The minimum atomic E-state index is 0.278. The van der Waals surface area contributed by atoms with Crippen LogP contribution in [0.25, 0.3) is 0 Å². The minimum Gasteiger partial charge on any atom is -0.429 e. The fourth-order valence-corrected chi connectivity index (χ4v) is 1.84. The van der Waals surface area contributed by atoms with Crippen LogP contribution < -0.4 is 11.1 Å². The number of nitrogens with zero attached hydrogens (tertiary/aromatic N) is 1. The Labute approximate surface area is 77.5 Å². The van der Waals surface area contributed by atoms with Crippen molar-refractivity contribution in [3.63, 3.8) is 0 Å². The zero-order chi connectivity index (χ0) is 9.26. The summed E-state index contributed by atoms with van der Waals surface area (Å²) in [5, 5.41) is 3.41. The lowest BCUT2D eigenvalue weighted by atomic mass is 10.0. The highest BCUT2D eigenvalue weighted by molar-refractivity contribution is 5.22. The second kappa shape index (κ2) is 3.38. The van der Waals surface area contributed by atoms with E-state index < -0.39 is 0 Å². The van der Waals surface area contributed by atoms with E-state index in [9.17, 15) is 0 Å². The van der Waals surface area contributed by atoms with Crippen LogP contribution in [0.5, 0.6) is 0 Å².